The summed E-state index contributed by atoms with van der Waals surface area (Å²) in [4.78, 5) is 15.9. The van der Waals surface area contributed by atoms with E-state index < -0.39 is 17.6 Å². The van der Waals surface area contributed by atoms with E-state index in [0.29, 0.717) is 30.7 Å². The van der Waals surface area contributed by atoms with E-state index in [4.69, 9.17) is 14.9 Å². The van der Waals surface area contributed by atoms with Crippen LogP contribution in [0.25, 0.3) is 6.08 Å². The summed E-state index contributed by atoms with van der Waals surface area (Å²) in [6.45, 7) is 8.63. The Bertz CT molecular complexity index is 1250. The number of ether oxygens (including phenoxy) is 2. The molecule has 1 aromatic rings. The summed E-state index contributed by atoms with van der Waals surface area (Å²) in [5.74, 6) is -0.967. The largest absolute Gasteiger partial charge is 0.417 e. The van der Waals surface area contributed by atoms with Gasteiger partial charge in [0.25, 0.3) is 0 Å². The van der Waals surface area contributed by atoms with Crippen molar-refractivity contribution >= 4 is 35.3 Å². The second-order valence-corrected chi connectivity index (χ2v) is 10.9. The molecule has 0 bridgehead atoms. The zero-order valence-corrected chi connectivity index (χ0v) is 24.5. The molecule has 1 fully saturated rings. The lowest BCUT2D eigenvalue weighted by Crippen LogP contribution is -2.59. The monoisotopic (exact) mass is 614 g/mol. The van der Waals surface area contributed by atoms with Gasteiger partial charge in [0, 0.05) is 60.1 Å². The van der Waals surface area contributed by atoms with Crippen molar-refractivity contribution in [3.8, 4) is 0 Å². The fourth-order valence-corrected chi connectivity index (χ4v) is 6.00. The average Bonchev–Trinajstić information content (AvgIpc) is 2.94. The van der Waals surface area contributed by atoms with Gasteiger partial charge < -0.3 is 24.6 Å². The van der Waals surface area contributed by atoms with E-state index in [1.807, 2.05) is 6.92 Å². The quantitative estimate of drug-likeness (QED) is 0.0837. The first-order valence-corrected chi connectivity index (χ1v) is 14.2. The Balaban J connectivity index is 2.10. The number of hydrogen-bond donors (Lipinski definition) is 2. The molecule has 3 rings (SSSR count). The van der Waals surface area contributed by atoms with E-state index in [1.54, 1.807) is 23.8 Å². The van der Waals surface area contributed by atoms with E-state index >= 15 is 0 Å². The van der Waals surface area contributed by atoms with Crippen molar-refractivity contribution in [1.29, 1.82) is 5.41 Å². The zero-order chi connectivity index (χ0) is 31.0. The molecule has 2 N–H and O–H groups in total. The molecule has 0 aromatic heterocycles. The number of hydrogen-bond acceptors (Lipinski definition) is 6. The molecule has 2 aliphatic heterocycles. The van der Waals surface area contributed by atoms with Crippen LogP contribution in [0.5, 0.6) is 0 Å². The topological polar surface area (TPSA) is 77.9 Å². The molecule has 0 saturated carbocycles. The number of halogens is 5. The standard InChI is InChI=1S/C29H35F5N4O3S/c1-5-25(39)37-14-19(3)38(15-18(37)2)28(35)23-13-24(29(32,33)34)22(8-6-7-20(31)9-10-30)27-26(23)36-21(17-42-27)16-41-12-11-40-4/h5-10,13,18-19,21,35-36H,1,11-12,14-17H2,2-4H3/b8-6+,10-9+,20-7+,35-28?/t18-,19+,21+/m1/s1. The predicted molar refractivity (Wildman–Crippen MR) is 155 cm³/mol. The van der Waals surface area contributed by atoms with Crippen molar-refractivity contribution in [2.45, 2.75) is 43.0 Å². The number of allylic oxidation sites excluding steroid dienone is 4. The summed E-state index contributed by atoms with van der Waals surface area (Å²) in [5, 5.41) is 12.4. The van der Waals surface area contributed by atoms with Gasteiger partial charge in [-0.3, -0.25) is 10.2 Å². The van der Waals surface area contributed by atoms with Crippen LogP contribution in [0.4, 0.5) is 27.6 Å². The summed E-state index contributed by atoms with van der Waals surface area (Å²) in [6, 6.07) is -0.00685. The summed E-state index contributed by atoms with van der Waals surface area (Å²) in [6.07, 6.45) is 0.0446. The molecule has 0 unspecified atom stereocenters. The van der Waals surface area contributed by atoms with E-state index in [1.165, 1.54) is 17.8 Å². The predicted octanol–water partition coefficient (Wildman–Crippen LogP) is 6.04. The number of rotatable bonds is 10. The second-order valence-electron chi connectivity index (χ2n) is 9.90. The van der Waals surface area contributed by atoms with Crippen molar-refractivity contribution in [2.75, 3.05) is 51.1 Å². The van der Waals surface area contributed by atoms with Gasteiger partial charge >= 0.3 is 6.18 Å². The molecule has 42 heavy (non-hydrogen) atoms. The number of alkyl halides is 3. The molecule has 1 amide bonds. The van der Waals surface area contributed by atoms with Crippen molar-refractivity contribution in [1.82, 2.24) is 9.80 Å². The molecule has 3 atom stereocenters. The van der Waals surface area contributed by atoms with Gasteiger partial charge in [-0.05, 0) is 32.1 Å². The number of fused-ring (bicyclic) bond motifs is 1. The highest BCUT2D eigenvalue weighted by Gasteiger charge is 2.39. The first-order valence-electron chi connectivity index (χ1n) is 13.3. The van der Waals surface area contributed by atoms with Gasteiger partial charge in [0.1, 0.15) is 11.7 Å². The summed E-state index contributed by atoms with van der Waals surface area (Å²) in [5.41, 5.74) is -0.797. The van der Waals surface area contributed by atoms with Crippen LogP contribution in [-0.4, -0.2) is 85.4 Å². The molecule has 2 aliphatic rings. The number of anilines is 1. The fourth-order valence-electron chi connectivity index (χ4n) is 4.81. The molecule has 0 radical (unpaired) electrons. The SMILES string of the molecule is C=CC(=O)N1C[C@H](C)N(C(=N)c2cc(C(F)(F)F)c(/C=C/C=C(F)\C=C\F)c3c2N[C@@H](COCCOC)CS3)C[C@H]1C. The number of methoxy groups -OCH3 is 1. The molecule has 0 spiro atoms. The number of nitrogens with one attached hydrogen (secondary N) is 2. The van der Waals surface area contributed by atoms with Crippen molar-refractivity contribution in [3.05, 3.63) is 65.8 Å². The van der Waals surface area contributed by atoms with Gasteiger partial charge in [0.05, 0.1) is 43.4 Å². The number of amides is 1. The molecule has 230 valence electrons. The number of carbonyl (C=O) groups excluding carboxylic acids is 1. The number of nitrogens with zero attached hydrogens (tertiary/aromatic N) is 2. The van der Waals surface area contributed by atoms with E-state index in [-0.39, 0.29) is 71.9 Å². The van der Waals surface area contributed by atoms with Crippen molar-refractivity contribution in [2.24, 2.45) is 0 Å². The molecule has 2 heterocycles. The maximum absolute atomic E-state index is 14.5. The zero-order valence-electron chi connectivity index (χ0n) is 23.6. The maximum Gasteiger partial charge on any atom is 0.417 e. The van der Waals surface area contributed by atoms with Gasteiger partial charge in [0.15, 0.2) is 0 Å². The third kappa shape index (κ3) is 8.01. The fraction of sp³-hybridized carbons (Fsp3) is 0.448. The van der Waals surface area contributed by atoms with Gasteiger partial charge in [0.2, 0.25) is 5.91 Å². The molecule has 13 heteroatoms. The number of amidine groups is 1. The normalized spacial score (nSPS) is 21.5. The number of benzene rings is 1. The Morgan fingerprint density at radius 1 is 1.24 bits per heavy atom. The lowest BCUT2D eigenvalue weighted by molar-refractivity contribution is -0.138. The molecule has 7 nitrogen and oxygen atoms in total. The van der Waals surface area contributed by atoms with Crippen LogP contribution in [0.2, 0.25) is 0 Å². The van der Waals surface area contributed by atoms with Gasteiger partial charge in [-0.15, -0.1) is 11.8 Å². The third-order valence-electron chi connectivity index (χ3n) is 6.88. The Morgan fingerprint density at radius 3 is 2.57 bits per heavy atom. The van der Waals surface area contributed by atoms with Crippen LogP contribution in [0.1, 0.15) is 30.5 Å². The van der Waals surface area contributed by atoms with E-state index in [2.05, 4.69) is 11.9 Å². The lowest BCUT2D eigenvalue weighted by atomic mass is 9.97. The molecule has 1 aromatic carbocycles. The lowest BCUT2D eigenvalue weighted by Gasteiger charge is -2.45. The van der Waals surface area contributed by atoms with Crippen LogP contribution in [-0.2, 0) is 20.4 Å². The molecule has 1 saturated heterocycles. The van der Waals surface area contributed by atoms with Gasteiger partial charge in [-0.1, -0.05) is 18.7 Å². The second kappa shape index (κ2) is 14.8. The minimum Gasteiger partial charge on any atom is -0.382 e. The highest BCUT2D eigenvalue weighted by Crippen LogP contribution is 2.46. The first-order chi connectivity index (χ1) is 19.9. The Labute approximate surface area is 246 Å². The first kappa shape index (κ1) is 33.3. The minimum absolute atomic E-state index is 0.00727. The third-order valence-corrected chi connectivity index (χ3v) is 8.16. The molecule has 0 aliphatic carbocycles. The Kier molecular flexibility index (Phi) is 11.8. The highest BCUT2D eigenvalue weighted by atomic mass is 32.2. The maximum atomic E-state index is 14.5. The van der Waals surface area contributed by atoms with Crippen LogP contribution >= 0.6 is 11.8 Å². The molecular weight excluding hydrogens is 579 g/mol. The van der Waals surface area contributed by atoms with Crippen LogP contribution in [0.3, 0.4) is 0 Å². The minimum atomic E-state index is -4.79. The smallest absolute Gasteiger partial charge is 0.382 e. The highest BCUT2D eigenvalue weighted by molar-refractivity contribution is 7.99. The number of thioether (sulfide) groups is 1. The van der Waals surface area contributed by atoms with Crippen molar-refractivity contribution in [3.63, 3.8) is 0 Å². The van der Waals surface area contributed by atoms with Crippen LogP contribution < -0.4 is 5.32 Å². The summed E-state index contributed by atoms with van der Waals surface area (Å²) < 4.78 is 80.0. The number of piperazine rings is 1. The Hall–Kier alpha value is -3.16. The summed E-state index contributed by atoms with van der Waals surface area (Å²) in [7, 11) is 1.55. The average molecular weight is 615 g/mol. The summed E-state index contributed by atoms with van der Waals surface area (Å²) >= 11 is 1.18. The van der Waals surface area contributed by atoms with Crippen LogP contribution in [0, 0.1) is 5.41 Å². The number of carbonyl (C=O) groups is 1. The van der Waals surface area contributed by atoms with E-state index in [9.17, 15) is 26.7 Å². The van der Waals surface area contributed by atoms with E-state index in [0.717, 1.165) is 24.3 Å². The van der Waals surface area contributed by atoms with Crippen molar-refractivity contribution < 1.29 is 36.2 Å². The van der Waals surface area contributed by atoms with Crippen LogP contribution in [0.15, 0.2) is 54.0 Å². The Morgan fingerprint density at radius 2 is 1.93 bits per heavy atom. The van der Waals surface area contributed by atoms with Gasteiger partial charge in [-0.2, -0.15) is 13.2 Å². The molecular formula is C29H35F5N4O3S. The van der Waals surface area contributed by atoms with Gasteiger partial charge in [-0.25, -0.2) is 8.78 Å².